The van der Waals surface area contributed by atoms with Gasteiger partial charge in [0.2, 0.25) is 11.8 Å². The second-order valence-electron chi connectivity index (χ2n) is 6.74. The zero-order chi connectivity index (χ0) is 20.3. The molecule has 2 aromatic carbocycles. The van der Waals surface area contributed by atoms with Gasteiger partial charge >= 0.3 is 0 Å². The van der Waals surface area contributed by atoms with Gasteiger partial charge in [-0.1, -0.05) is 12.1 Å². The highest BCUT2D eigenvalue weighted by atomic mass is 32.2. The number of anilines is 2. The second kappa shape index (κ2) is 8.36. The van der Waals surface area contributed by atoms with E-state index in [9.17, 15) is 18.0 Å². The largest absolute Gasteiger partial charge is 0.326 e. The summed E-state index contributed by atoms with van der Waals surface area (Å²) in [7, 11) is -3.65. The molecule has 0 radical (unpaired) electrons. The first kappa shape index (κ1) is 20.4. The van der Waals surface area contributed by atoms with E-state index in [1.54, 1.807) is 6.07 Å². The molecule has 0 fully saturated rings. The first-order valence-electron chi connectivity index (χ1n) is 8.91. The standard InChI is InChI=1S/C20H22N2O4S2/c1-13-3-4-14(2)16(11-13)21-20(24)8-10-28(25,26)15-5-6-18-17(12-15)22-19(23)7-9-27-18/h3-6,11-12H,7-10H2,1-2H3,(H,21,24)(H,22,23). The lowest BCUT2D eigenvalue weighted by molar-refractivity contribution is -0.116. The van der Waals surface area contributed by atoms with E-state index in [0.29, 0.717) is 23.5 Å². The fourth-order valence-electron chi connectivity index (χ4n) is 2.82. The highest BCUT2D eigenvalue weighted by Gasteiger charge is 2.20. The van der Waals surface area contributed by atoms with E-state index in [1.807, 2.05) is 32.0 Å². The molecule has 2 N–H and O–H groups in total. The van der Waals surface area contributed by atoms with E-state index < -0.39 is 9.84 Å². The molecule has 1 heterocycles. The van der Waals surface area contributed by atoms with Crippen LogP contribution in [0.25, 0.3) is 0 Å². The van der Waals surface area contributed by atoms with Gasteiger partial charge in [-0.25, -0.2) is 8.42 Å². The third-order valence-corrected chi connectivity index (χ3v) is 7.22. The fraction of sp³-hybridized carbons (Fsp3) is 0.300. The summed E-state index contributed by atoms with van der Waals surface area (Å²) in [5.41, 5.74) is 3.12. The number of amides is 2. The molecule has 0 aromatic heterocycles. The molecule has 0 unspecified atom stereocenters. The minimum atomic E-state index is -3.65. The highest BCUT2D eigenvalue weighted by Crippen LogP contribution is 2.33. The molecule has 0 saturated heterocycles. The lowest BCUT2D eigenvalue weighted by atomic mass is 10.1. The maximum absolute atomic E-state index is 12.7. The summed E-state index contributed by atoms with van der Waals surface area (Å²) >= 11 is 1.51. The van der Waals surface area contributed by atoms with Crippen molar-refractivity contribution in [2.45, 2.75) is 36.5 Å². The number of benzene rings is 2. The number of hydrogen-bond donors (Lipinski definition) is 2. The average Bonchev–Trinajstić information content (AvgIpc) is 2.83. The first-order valence-corrected chi connectivity index (χ1v) is 11.5. The molecule has 0 saturated carbocycles. The first-order chi connectivity index (χ1) is 13.2. The third-order valence-electron chi connectivity index (χ3n) is 4.44. The van der Waals surface area contributed by atoms with E-state index in [-0.39, 0.29) is 28.9 Å². The number of hydrogen-bond acceptors (Lipinski definition) is 5. The topological polar surface area (TPSA) is 92.3 Å². The Balaban J connectivity index is 1.69. The summed E-state index contributed by atoms with van der Waals surface area (Å²) in [6, 6.07) is 10.4. The quantitative estimate of drug-likeness (QED) is 0.775. The normalized spacial score (nSPS) is 14.0. The zero-order valence-electron chi connectivity index (χ0n) is 15.7. The van der Waals surface area contributed by atoms with Crippen LogP contribution in [0.4, 0.5) is 11.4 Å². The maximum atomic E-state index is 12.7. The Bertz CT molecular complexity index is 1030. The summed E-state index contributed by atoms with van der Waals surface area (Å²) in [6.45, 7) is 3.81. The lowest BCUT2D eigenvalue weighted by Gasteiger charge is -2.11. The van der Waals surface area contributed by atoms with E-state index in [4.69, 9.17) is 0 Å². The Labute approximate surface area is 169 Å². The second-order valence-corrected chi connectivity index (χ2v) is 9.99. The molecule has 8 heteroatoms. The molecule has 0 aliphatic carbocycles. The Hall–Kier alpha value is -2.32. The number of carbonyl (C=O) groups is 2. The number of thioether (sulfide) groups is 1. The Morgan fingerprint density at radius 2 is 1.96 bits per heavy atom. The number of rotatable bonds is 5. The molecule has 6 nitrogen and oxygen atoms in total. The maximum Gasteiger partial charge on any atom is 0.225 e. The summed E-state index contributed by atoms with van der Waals surface area (Å²) in [5, 5.41) is 5.52. The van der Waals surface area contributed by atoms with E-state index in [0.717, 1.165) is 16.0 Å². The van der Waals surface area contributed by atoms with Gasteiger partial charge in [-0.05, 0) is 49.2 Å². The predicted octanol–water partition coefficient (Wildman–Crippen LogP) is 3.54. The van der Waals surface area contributed by atoms with E-state index in [2.05, 4.69) is 10.6 Å². The highest BCUT2D eigenvalue weighted by molar-refractivity contribution is 7.99. The fourth-order valence-corrected chi connectivity index (χ4v) is 5.02. The molecule has 148 valence electrons. The van der Waals surface area contributed by atoms with Crippen LogP contribution < -0.4 is 10.6 Å². The van der Waals surface area contributed by atoms with Crippen LogP contribution in [0.15, 0.2) is 46.2 Å². The van der Waals surface area contributed by atoms with Crippen LogP contribution in [0, 0.1) is 13.8 Å². The SMILES string of the molecule is Cc1ccc(C)c(NC(=O)CCS(=O)(=O)c2ccc3c(c2)NC(=O)CCS3)c1. The van der Waals surface area contributed by atoms with Crippen LogP contribution in [-0.2, 0) is 19.4 Å². The van der Waals surface area contributed by atoms with Crippen molar-refractivity contribution >= 4 is 44.8 Å². The van der Waals surface area contributed by atoms with Crippen LogP contribution in [0.1, 0.15) is 24.0 Å². The van der Waals surface area contributed by atoms with Crippen molar-refractivity contribution in [1.82, 2.24) is 0 Å². The summed E-state index contributed by atoms with van der Waals surface area (Å²) in [6.07, 6.45) is 0.244. The number of carbonyl (C=O) groups excluding carboxylic acids is 2. The monoisotopic (exact) mass is 418 g/mol. The van der Waals surface area contributed by atoms with Crippen LogP contribution in [0.5, 0.6) is 0 Å². The Morgan fingerprint density at radius 3 is 2.75 bits per heavy atom. The van der Waals surface area contributed by atoms with Crippen molar-refractivity contribution in [3.8, 4) is 0 Å². The van der Waals surface area contributed by atoms with Crippen LogP contribution in [-0.4, -0.2) is 31.7 Å². The van der Waals surface area contributed by atoms with Gasteiger partial charge in [-0.3, -0.25) is 9.59 Å². The average molecular weight is 419 g/mol. The number of aryl methyl sites for hydroxylation is 2. The van der Waals surface area contributed by atoms with Crippen LogP contribution >= 0.6 is 11.8 Å². The minimum Gasteiger partial charge on any atom is -0.326 e. The summed E-state index contributed by atoms with van der Waals surface area (Å²) < 4.78 is 25.3. The van der Waals surface area contributed by atoms with Gasteiger partial charge in [0, 0.05) is 29.2 Å². The van der Waals surface area contributed by atoms with Gasteiger partial charge < -0.3 is 10.6 Å². The van der Waals surface area contributed by atoms with Crippen molar-refractivity contribution in [2.24, 2.45) is 0 Å². The Morgan fingerprint density at radius 1 is 1.18 bits per heavy atom. The molecule has 2 amide bonds. The van der Waals surface area contributed by atoms with Crippen LogP contribution in [0.2, 0.25) is 0 Å². The molecule has 1 aliphatic rings. The summed E-state index contributed by atoms with van der Waals surface area (Å²) in [4.78, 5) is 24.9. The Kier molecular flexibility index (Phi) is 6.10. The van der Waals surface area contributed by atoms with Gasteiger partial charge in [0.1, 0.15) is 0 Å². The van der Waals surface area contributed by atoms with Gasteiger partial charge in [-0.2, -0.15) is 0 Å². The minimum absolute atomic E-state index is 0.105. The van der Waals surface area contributed by atoms with Crippen molar-refractivity contribution in [2.75, 3.05) is 22.1 Å². The van der Waals surface area contributed by atoms with Gasteiger partial charge in [0.05, 0.1) is 16.3 Å². The van der Waals surface area contributed by atoms with Gasteiger partial charge in [0.25, 0.3) is 0 Å². The molecule has 1 aliphatic heterocycles. The molecule has 0 spiro atoms. The molecular formula is C20H22N2O4S2. The molecule has 2 aromatic rings. The smallest absolute Gasteiger partial charge is 0.225 e. The predicted molar refractivity (Wildman–Crippen MR) is 112 cm³/mol. The molecule has 3 rings (SSSR count). The van der Waals surface area contributed by atoms with Crippen molar-refractivity contribution < 1.29 is 18.0 Å². The van der Waals surface area contributed by atoms with Crippen LogP contribution in [0.3, 0.4) is 0 Å². The number of sulfone groups is 1. The van der Waals surface area contributed by atoms with Gasteiger partial charge in [-0.15, -0.1) is 11.8 Å². The molecule has 0 atom stereocenters. The lowest BCUT2D eigenvalue weighted by Crippen LogP contribution is -2.18. The zero-order valence-corrected chi connectivity index (χ0v) is 17.4. The van der Waals surface area contributed by atoms with Crippen molar-refractivity contribution in [1.29, 1.82) is 0 Å². The third kappa shape index (κ3) is 4.94. The van der Waals surface area contributed by atoms with E-state index in [1.165, 1.54) is 23.9 Å². The number of fused-ring (bicyclic) bond motifs is 1. The van der Waals surface area contributed by atoms with Gasteiger partial charge in [0.15, 0.2) is 9.84 Å². The molecule has 0 bridgehead atoms. The molecule has 28 heavy (non-hydrogen) atoms. The van der Waals surface area contributed by atoms with Crippen molar-refractivity contribution in [3.05, 3.63) is 47.5 Å². The van der Waals surface area contributed by atoms with Crippen molar-refractivity contribution in [3.63, 3.8) is 0 Å². The van der Waals surface area contributed by atoms with E-state index >= 15 is 0 Å². The molecular weight excluding hydrogens is 396 g/mol. The number of nitrogens with one attached hydrogen (secondary N) is 2. The summed E-state index contributed by atoms with van der Waals surface area (Å²) in [5.74, 6) is -0.128.